The maximum absolute atomic E-state index is 2.42. The molecule has 0 unspecified atom stereocenters. The highest BCUT2D eigenvalue weighted by Crippen LogP contribution is 2.44. The van der Waals surface area contributed by atoms with E-state index in [4.69, 9.17) is 0 Å². The summed E-state index contributed by atoms with van der Waals surface area (Å²) in [6.45, 7) is 0. The van der Waals surface area contributed by atoms with Gasteiger partial charge in [-0.1, -0.05) is 212 Å². The van der Waals surface area contributed by atoms with Crippen LogP contribution in [0.1, 0.15) is 0 Å². The van der Waals surface area contributed by atoms with E-state index in [-0.39, 0.29) is 0 Å². The highest BCUT2D eigenvalue weighted by molar-refractivity contribution is 6.16. The van der Waals surface area contributed by atoms with Crippen LogP contribution in [0.2, 0.25) is 0 Å². The van der Waals surface area contributed by atoms with Crippen molar-refractivity contribution < 1.29 is 0 Å². The molecule has 3 heteroatoms. The number of rotatable bonds is 12. The van der Waals surface area contributed by atoms with E-state index in [1.54, 1.807) is 0 Å². The summed E-state index contributed by atoms with van der Waals surface area (Å²) in [5.74, 6) is 0. The number of hydrogen-bond acceptors (Lipinski definition) is 2. The first-order valence-electron chi connectivity index (χ1n) is 25.7. The smallest absolute Gasteiger partial charge is 0.0547 e. The van der Waals surface area contributed by atoms with Crippen LogP contribution in [0.5, 0.6) is 0 Å². The van der Waals surface area contributed by atoms with E-state index in [1.807, 2.05) is 0 Å². The molecule has 13 aromatic rings. The number of hydrogen-bond donors (Lipinski definition) is 0. The molecule has 0 aliphatic carbocycles. The Morgan fingerprint density at radius 3 is 0.960 bits per heavy atom. The van der Waals surface area contributed by atoms with Gasteiger partial charge in [-0.15, -0.1) is 0 Å². The van der Waals surface area contributed by atoms with E-state index in [0.717, 1.165) is 56.4 Å². The number of aromatic nitrogens is 1. The fraction of sp³-hybridized carbons (Fsp3) is 0. The van der Waals surface area contributed by atoms with Crippen LogP contribution in [-0.4, -0.2) is 4.57 Å². The number of para-hydroxylation sites is 1. The normalized spacial score (nSPS) is 11.2. The monoisotopic (exact) mass is 957 g/mol. The van der Waals surface area contributed by atoms with Crippen molar-refractivity contribution in [3.63, 3.8) is 0 Å². The Bertz CT molecular complexity index is 3920. The molecule has 0 aliphatic heterocycles. The highest BCUT2D eigenvalue weighted by Gasteiger charge is 2.20. The second kappa shape index (κ2) is 19.9. The SMILES string of the molecule is c1ccc(-c2cccc(N(c3ccc(-c4cccc5c4c4ccccc4n5-c4ccc(N(c5cccc(-c6ccccc6)c5)c5cccc(-c6ccccc6)c5)cc4)cc3)c3cccc(-c4ccccc4)c3)c2)cc1. The summed E-state index contributed by atoms with van der Waals surface area (Å²) in [5.41, 5.74) is 21.7. The molecule has 0 N–H and O–H groups in total. The lowest BCUT2D eigenvalue weighted by Gasteiger charge is -2.27. The van der Waals surface area contributed by atoms with Crippen LogP contribution in [0.4, 0.5) is 34.1 Å². The first-order valence-corrected chi connectivity index (χ1v) is 25.7. The largest absolute Gasteiger partial charge is 0.310 e. The molecule has 0 atom stereocenters. The van der Waals surface area contributed by atoms with Crippen molar-refractivity contribution in [2.45, 2.75) is 0 Å². The fourth-order valence-corrected chi connectivity index (χ4v) is 10.8. The van der Waals surface area contributed by atoms with Crippen molar-refractivity contribution in [3.05, 3.63) is 309 Å². The standard InChI is InChI=1S/C72H51N3/c1-5-20-52(21-6-1)57-28-15-32-64(48-57)73(65-33-16-29-58(49-65)53-22-7-2-8-23-53)61-42-40-56(41-43-61)68-37-19-39-71-72(68)69-36-13-14-38-70(69)75(71)63-46-44-62(45-47-63)74(66-34-17-30-59(50-66)54-24-9-3-10-25-54)67-35-18-31-60(51-67)55-26-11-4-12-27-55/h1-51H. The van der Waals surface area contributed by atoms with Gasteiger partial charge in [0.1, 0.15) is 0 Å². The molecule has 3 nitrogen and oxygen atoms in total. The molecule has 13 rings (SSSR count). The Morgan fingerprint density at radius 2 is 0.547 bits per heavy atom. The van der Waals surface area contributed by atoms with Crippen molar-refractivity contribution in [3.8, 4) is 61.3 Å². The molecule has 0 radical (unpaired) electrons. The van der Waals surface area contributed by atoms with Crippen molar-refractivity contribution in [2.75, 3.05) is 9.80 Å². The first kappa shape index (κ1) is 44.9. The van der Waals surface area contributed by atoms with Crippen LogP contribution in [0.15, 0.2) is 309 Å². The molecule has 0 amide bonds. The van der Waals surface area contributed by atoms with E-state index in [0.29, 0.717) is 0 Å². The van der Waals surface area contributed by atoms with Gasteiger partial charge in [-0.2, -0.15) is 0 Å². The molecule has 0 saturated carbocycles. The summed E-state index contributed by atoms with van der Waals surface area (Å²) in [5, 5.41) is 2.44. The summed E-state index contributed by atoms with van der Waals surface area (Å²) >= 11 is 0. The highest BCUT2D eigenvalue weighted by atomic mass is 15.1. The minimum Gasteiger partial charge on any atom is -0.310 e. The Balaban J connectivity index is 0.892. The van der Waals surface area contributed by atoms with E-state index in [2.05, 4.69) is 324 Å². The minimum atomic E-state index is 1.07. The molecule has 0 saturated heterocycles. The third kappa shape index (κ3) is 8.83. The van der Waals surface area contributed by atoms with Crippen molar-refractivity contribution in [2.24, 2.45) is 0 Å². The number of benzene rings is 12. The summed E-state index contributed by atoms with van der Waals surface area (Å²) < 4.78 is 2.42. The van der Waals surface area contributed by atoms with Gasteiger partial charge in [0.2, 0.25) is 0 Å². The molecule has 0 aliphatic rings. The molecular weight excluding hydrogens is 907 g/mol. The zero-order valence-corrected chi connectivity index (χ0v) is 41.3. The summed E-state index contributed by atoms with van der Waals surface area (Å²) in [7, 11) is 0. The lowest BCUT2D eigenvalue weighted by atomic mass is 9.98. The topological polar surface area (TPSA) is 11.4 Å². The molecule has 0 fully saturated rings. The summed E-state index contributed by atoms with van der Waals surface area (Å²) in [4.78, 5) is 4.75. The number of fused-ring (bicyclic) bond motifs is 3. The second-order valence-corrected chi connectivity index (χ2v) is 19.0. The van der Waals surface area contributed by atoms with Gasteiger partial charge < -0.3 is 14.4 Å². The predicted molar refractivity (Wildman–Crippen MR) is 317 cm³/mol. The van der Waals surface area contributed by atoms with Crippen LogP contribution in [0.3, 0.4) is 0 Å². The van der Waals surface area contributed by atoms with Gasteiger partial charge in [0.05, 0.1) is 11.0 Å². The molecule has 75 heavy (non-hydrogen) atoms. The van der Waals surface area contributed by atoms with Crippen LogP contribution < -0.4 is 9.80 Å². The molecule has 0 bridgehead atoms. The van der Waals surface area contributed by atoms with E-state index in [1.165, 1.54) is 60.8 Å². The summed E-state index contributed by atoms with van der Waals surface area (Å²) in [6.07, 6.45) is 0. The Labute approximate surface area is 438 Å². The number of nitrogens with zero attached hydrogens (tertiary/aromatic N) is 3. The van der Waals surface area contributed by atoms with Gasteiger partial charge in [-0.05, 0) is 153 Å². The quantitative estimate of drug-likeness (QED) is 0.121. The fourth-order valence-electron chi connectivity index (χ4n) is 10.8. The third-order valence-corrected chi connectivity index (χ3v) is 14.3. The zero-order valence-electron chi connectivity index (χ0n) is 41.3. The maximum atomic E-state index is 2.42. The maximum Gasteiger partial charge on any atom is 0.0547 e. The van der Waals surface area contributed by atoms with Gasteiger partial charge in [0.25, 0.3) is 0 Å². The van der Waals surface area contributed by atoms with Gasteiger partial charge >= 0.3 is 0 Å². The van der Waals surface area contributed by atoms with Gasteiger partial charge in [-0.3, -0.25) is 0 Å². The average Bonchev–Trinajstić information content (AvgIpc) is 3.87. The molecule has 0 spiro atoms. The molecule has 354 valence electrons. The van der Waals surface area contributed by atoms with Gasteiger partial charge in [-0.25, -0.2) is 0 Å². The molecule has 12 aromatic carbocycles. The Hall–Kier alpha value is -9.96. The zero-order chi connectivity index (χ0) is 49.9. The van der Waals surface area contributed by atoms with Crippen LogP contribution in [0, 0.1) is 0 Å². The lowest BCUT2D eigenvalue weighted by Crippen LogP contribution is -2.10. The van der Waals surface area contributed by atoms with E-state index >= 15 is 0 Å². The van der Waals surface area contributed by atoms with Crippen molar-refractivity contribution in [1.82, 2.24) is 4.57 Å². The van der Waals surface area contributed by atoms with Crippen molar-refractivity contribution >= 4 is 55.9 Å². The first-order chi connectivity index (χ1) is 37.2. The second-order valence-electron chi connectivity index (χ2n) is 19.0. The predicted octanol–water partition coefficient (Wildman–Crippen LogP) is 20.1. The average molecular weight is 958 g/mol. The molecular formula is C72H51N3. The van der Waals surface area contributed by atoms with Gasteiger partial charge in [0.15, 0.2) is 0 Å². The van der Waals surface area contributed by atoms with E-state index in [9.17, 15) is 0 Å². The van der Waals surface area contributed by atoms with Gasteiger partial charge in [0, 0.05) is 50.6 Å². The molecule has 1 aromatic heterocycles. The van der Waals surface area contributed by atoms with Crippen LogP contribution >= 0.6 is 0 Å². The third-order valence-electron chi connectivity index (χ3n) is 14.3. The van der Waals surface area contributed by atoms with Crippen LogP contribution in [0.25, 0.3) is 83.1 Å². The minimum absolute atomic E-state index is 1.07. The number of anilines is 6. The molecule has 1 heterocycles. The van der Waals surface area contributed by atoms with Crippen molar-refractivity contribution in [1.29, 1.82) is 0 Å². The summed E-state index contributed by atoms with van der Waals surface area (Å²) in [6, 6.07) is 112. The van der Waals surface area contributed by atoms with Crippen LogP contribution in [-0.2, 0) is 0 Å². The Morgan fingerprint density at radius 1 is 0.213 bits per heavy atom. The lowest BCUT2D eigenvalue weighted by molar-refractivity contribution is 1.17. The van der Waals surface area contributed by atoms with E-state index < -0.39 is 0 Å². The Kier molecular flexibility index (Phi) is 11.9.